The Morgan fingerprint density at radius 2 is 1.59 bits per heavy atom. The first kappa shape index (κ1) is 19.4. The lowest BCUT2D eigenvalue weighted by Crippen LogP contribution is -2.13. The van der Waals surface area contributed by atoms with Crippen LogP contribution in [0.25, 0.3) is 10.9 Å². The molecule has 0 aliphatic heterocycles. The molecule has 1 unspecified atom stereocenters. The largest absolute Gasteiger partial charge is 0.384 e. The predicted octanol–water partition coefficient (Wildman–Crippen LogP) is 5.88. The summed E-state index contributed by atoms with van der Waals surface area (Å²) in [6, 6.07) is 21.6. The number of hydrogen-bond donors (Lipinski definition) is 2. The molecule has 0 bridgehead atoms. The van der Waals surface area contributed by atoms with Gasteiger partial charge in [-0.25, -0.2) is 0 Å². The predicted molar refractivity (Wildman–Crippen MR) is 117 cm³/mol. The molecule has 0 aliphatic rings. The van der Waals surface area contributed by atoms with E-state index in [0.717, 1.165) is 10.9 Å². The SMILES string of the molecule is O=C(Nc1cccc2cc(C(O)c3ccccc3)cnc12)c1c(Cl)cccc1Cl. The van der Waals surface area contributed by atoms with Crippen molar-refractivity contribution >= 4 is 45.7 Å². The molecule has 3 aromatic carbocycles. The minimum absolute atomic E-state index is 0.212. The van der Waals surface area contributed by atoms with Crippen molar-refractivity contribution in [1.29, 1.82) is 0 Å². The minimum Gasteiger partial charge on any atom is -0.384 e. The molecule has 1 atom stereocenters. The van der Waals surface area contributed by atoms with Crippen LogP contribution in [0.1, 0.15) is 27.6 Å². The van der Waals surface area contributed by atoms with Crippen LogP contribution < -0.4 is 5.32 Å². The van der Waals surface area contributed by atoms with E-state index in [1.807, 2.05) is 48.5 Å². The van der Waals surface area contributed by atoms with Gasteiger partial charge in [0.05, 0.1) is 26.8 Å². The highest BCUT2D eigenvalue weighted by atomic mass is 35.5. The third-order valence-corrected chi connectivity index (χ3v) is 5.23. The number of fused-ring (bicyclic) bond motifs is 1. The number of rotatable bonds is 4. The highest BCUT2D eigenvalue weighted by Crippen LogP contribution is 2.29. The van der Waals surface area contributed by atoms with E-state index in [4.69, 9.17) is 23.2 Å². The fraction of sp³-hybridized carbons (Fsp3) is 0.0435. The number of aliphatic hydroxyl groups is 1. The number of para-hydroxylation sites is 1. The summed E-state index contributed by atoms with van der Waals surface area (Å²) in [6.07, 6.45) is 0.825. The Morgan fingerprint density at radius 1 is 0.897 bits per heavy atom. The van der Waals surface area contributed by atoms with Crippen LogP contribution >= 0.6 is 23.2 Å². The monoisotopic (exact) mass is 422 g/mol. The second-order valence-electron chi connectivity index (χ2n) is 6.51. The van der Waals surface area contributed by atoms with Crippen LogP contribution in [0.5, 0.6) is 0 Å². The first-order valence-electron chi connectivity index (χ1n) is 8.91. The van der Waals surface area contributed by atoms with Gasteiger partial charge in [0.25, 0.3) is 5.91 Å². The number of pyridine rings is 1. The average Bonchev–Trinajstić information content (AvgIpc) is 2.73. The Bertz CT molecular complexity index is 1180. The first-order chi connectivity index (χ1) is 14.0. The molecule has 4 rings (SSSR count). The highest BCUT2D eigenvalue weighted by molar-refractivity contribution is 6.40. The quantitative estimate of drug-likeness (QED) is 0.431. The summed E-state index contributed by atoms with van der Waals surface area (Å²) in [5.74, 6) is -0.414. The van der Waals surface area contributed by atoms with Gasteiger partial charge in [-0.05, 0) is 29.8 Å². The van der Waals surface area contributed by atoms with Gasteiger partial charge in [0, 0.05) is 17.1 Å². The van der Waals surface area contributed by atoms with E-state index in [1.165, 1.54) is 0 Å². The smallest absolute Gasteiger partial charge is 0.258 e. The Kier molecular flexibility index (Phi) is 5.49. The van der Waals surface area contributed by atoms with Crippen molar-refractivity contribution in [3.05, 3.63) is 106 Å². The van der Waals surface area contributed by atoms with E-state index in [1.54, 1.807) is 30.5 Å². The third-order valence-electron chi connectivity index (χ3n) is 4.60. The standard InChI is InChI=1S/C23H16Cl2N2O2/c24-17-9-5-10-18(25)20(17)23(29)27-19-11-4-8-15-12-16(13-26-21(15)19)22(28)14-6-2-1-3-7-14/h1-13,22,28H,(H,27,29). The van der Waals surface area contributed by atoms with Crippen LogP contribution in [0.2, 0.25) is 10.0 Å². The van der Waals surface area contributed by atoms with Gasteiger partial charge in [-0.3, -0.25) is 9.78 Å². The fourth-order valence-corrected chi connectivity index (χ4v) is 3.72. The van der Waals surface area contributed by atoms with Crippen LogP contribution in [0, 0.1) is 0 Å². The molecular weight excluding hydrogens is 407 g/mol. The van der Waals surface area contributed by atoms with Crippen molar-refractivity contribution in [1.82, 2.24) is 4.98 Å². The molecule has 0 saturated heterocycles. The number of halogens is 2. The first-order valence-corrected chi connectivity index (χ1v) is 9.67. The lowest BCUT2D eigenvalue weighted by atomic mass is 10.0. The number of benzene rings is 3. The summed E-state index contributed by atoms with van der Waals surface area (Å²) in [6.45, 7) is 0. The Balaban J connectivity index is 1.67. The number of hydrogen-bond acceptors (Lipinski definition) is 3. The molecule has 0 radical (unpaired) electrons. The van der Waals surface area contributed by atoms with E-state index >= 15 is 0 Å². The summed E-state index contributed by atoms with van der Waals surface area (Å²) in [5, 5.41) is 14.8. The molecule has 29 heavy (non-hydrogen) atoms. The second-order valence-corrected chi connectivity index (χ2v) is 7.32. The average molecular weight is 423 g/mol. The lowest BCUT2D eigenvalue weighted by molar-refractivity contribution is 0.102. The zero-order valence-electron chi connectivity index (χ0n) is 15.1. The van der Waals surface area contributed by atoms with Crippen LogP contribution in [0.3, 0.4) is 0 Å². The molecule has 0 fully saturated rings. The van der Waals surface area contributed by atoms with Crippen molar-refractivity contribution in [3.63, 3.8) is 0 Å². The maximum absolute atomic E-state index is 12.7. The van der Waals surface area contributed by atoms with Gasteiger partial charge in [0.1, 0.15) is 6.10 Å². The van der Waals surface area contributed by atoms with Crippen molar-refractivity contribution < 1.29 is 9.90 Å². The summed E-state index contributed by atoms with van der Waals surface area (Å²) in [4.78, 5) is 17.2. The Morgan fingerprint density at radius 3 is 2.31 bits per heavy atom. The molecular formula is C23H16Cl2N2O2. The number of aliphatic hydroxyl groups excluding tert-OH is 1. The molecule has 4 aromatic rings. The third kappa shape index (κ3) is 3.96. The summed E-state index contributed by atoms with van der Waals surface area (Å²) in [7, 11) is 0. The number of nitrogens with one attached hydrogen (secondary N) is 1. The molecule has 0 spiro atoms. The van der Waals surface area contributed by atoms with E-state index in [-0.39, 0.29) is 15.6 Å². The van der Waals surface area contributed by atoms with Gasteiger partial charge in [0.15, 0.2) is 0 Å². The fourth-order valence-electron chi connectivity index (χ4n) is 3.16. The van der Waals surface area contributed by atoms with Crippen LogP contribution in [0.15, 0.2) is 79.0 Å². The molecule has 1 aromatic heterocycles. The van der Waals surface area contributed by atoms with Gasteiger partial charge in [-0.2, -0.15) is 0 Å². The molecule has 1 amide bonds. The van der Waals surface area contributed by atoms with Gasteiger partial charge >= 0.3 is 0 Å². The zero-order valence-corrected chi connectivity index (χ0v) is 16.7. The number of amides is 1. The van der Waals surface area contributed by atoms with Crippen LogP contribution in [-0.2, 0) is 0 Å². The van der Waals surface area contributed by atoms with Crippen molar-refractivity contribution in [2.24, 2.45) is 0 Å². The molecule has 0 saturated carbocycles. The highest BCUT2D eigenvalue weighted by Gasteiger charge is 2.17. The second kappa shape index (κ2) is 8.21. The van der Waals surface area contributed by atoms with E-state index < -0.39 is 12.0 Å². The maximum Gasteiger partial charge on any atom is 0.258 e. The Labute approximate surface area is 177 Å². The summed E-state index contributed by atoms with van der Waals surface area (Å²) < 4.78 is 0. The van der Waals surface area contributed by atoms with Crippen LogP contribution in [-0.4, -0.2) is 16.0 Å². The van der Waals surface area contributed by atoms with Crippen LogP contribution in [0.4, 0.5) is 5.69 Å². The maximum atomic E-state index is 12.7. The normalized spacial score (nSPS) is 12.0. The van der Waals surface area contributed by atoms with Crippen molar-refractivity contribution in [3.8, 4) is 0 Å². The number of carbonyl (C=O) groups excluding carboxylic acids is 1. The summed E-state index contributed by atoms with van der Waals surface area (Å²) in [5.41, 5.74) is 2.80. The van der Waals surface area contributed by atoms with Gasteiger partial charge in [0.2, 0.25) is 0 Å². The number of carbonyl (C=O) groups is 1. The molecule has 6 heteroatoms. The molecule has 0 aliphatic carbocycles. The topological polar surface area (TPSA) is 62.2 Å². The van der Waals surface area contributed by atoms with Gasteiger partial charge in [-0.15, -0.1) is 0 Å². The van der Waals surface area contributed by atoms with E-state index in [9.17, 15) is 9.90 Å². The van der Waals surface area contributed by atoms with Crippen molar-refractivity contribution in [2.45, 2.75) is 6.10 Å². The van der Waals surface area contributed by atoms with Gasteiger partial charge in [-0.1, -0.05) is 71.7 Å². The van der Waals surface area contributed by atoms with Crippen molar-refractivity contribution in [2.75, 3.05) is 5.32 Å². The summed E-state index contributed by atoms with van der Waals surface area (Å²) >= 11 is 12.3. The van der Waals surface area contributed by atoms with E-state index in [2.05, 4.69) is 10.3 Å². The Hall–Kier alpha value is -2.92. The minimum atomic E-state index is -0.784. The molecule has 2 N–H and O–H groups in total. The number of anilines is 1. The molecule has 4 nitrogen and oxygen atoms in total. The zero-order chi connectivity index (χ0) is 20.4. The lowest BCUT2D eigenvalue weighted by Gasteiger charge is -2.14. The van der Waals surface area contributed by atoms with E-state index in [0.29, 0.717) is 16.8 Å². The number of aromatic nitrogens is 1. The molecule has 144 valence electrons. The molecule has 1 heterocycles. The van der Waals surface area contributed by atoms with Gasteiger partial charge < -0.3 is 10.4 Å². The number of nitrogens with zero attached hydrogens (tertiary/aromatic N) is 1.